The predicted octanol–water partition coefficient (Wildman–Crippen LogP) is 4.89. The number of ketones is 1. The Labute approximate surface area is 198 Å². The van der Waals surface area contributed by atoms with Gasteiger partial charge in [-0.2, -0.15) is 0 Å². The fraction of sp³-hybridized carbons (Fsp3) is 0.286. The van der Waals surface area contributed by atoms with E-state index in [0.717, 1.165) is 0 Å². The van der Waals surface area contributed by atoms with Gasteiger partial charge in [-0.25, -0.2) is 30.3 Å². The fourth-order valence-electron chi connectivity index (χ4n) is 3.02. The van der Waals surface area contributed by atoms with Crippen molar-refractivity contribution in [3.05, 3.63) is 64.2 Å². The van der Waals surface area contributed by atoms with E-state index in [2.05, 4.69) is 9.97 Å². The average molecular weight is 518 g/mol. The first-order chi connectivity index (χ1) is 15.7. The summed E-state index contributed by atoms with van der Waals surface area (Å²) in [5.41, 5.74) is -1.51. The lowest BCUT2D eigenvalue weighted by molar-refractivity contribution is 0.103. The summed E-state index contributed by atoms with van der Waals surface area (Å²) in [5.74, 6) is -5.84. The van der Waals surface area contributed by atoms with Gasteiger partial charge in [-0.05, 0) is 31.0 Å². The number of carbonyl (C=O) groups is 1. The highest BCUT2D eigenvalue weighted by atomic mass is 35.5. The number of rotatable bonds is 9. The molecule has 0 spiro atoms. The second-order valence-corrected chi connectivity index (χ2v) is 10.4. The maximum atomic E-state index is 15.5. The van der Waals surface area contributed by atoms with E-state index in [1.54, 1.807) is 13.8 Å². The molecule has 0 bridgehead atoms. The van der Waals surface area contributed by atoms with Crippen LogP contribution in [0.2, 0.25) is 5.15 Å². The molecule has 0 radical (unpaired) electrons. The maximum absolute atomic E-state index is 15.5. The average Bonchev–Trinajstić information content (AvgIpc) is 2.77. The number of halogens is 4. The van der Waals surface area contributed by atoms with Crippen molar-refractivity contribution < 1.29 is 26.4 Å². The lowest BCUT2D eigenvalue weighted by Gasteiger charge is -2.23. The lowest BCUT2D eigenvalue weighted by Crippen LogP contribution is -2.32. The van der Waals surface area contributed by atoms with Crippen LogP contribution in [0.5, 0.6) is 0 Å². The van der Waals surface area contributed by atoms with Crippen LogP contribution >= 0.6 is 11.6 Å². The summed E-state index contributed by atoms with van der Waals surface area (Å²) in [6.45, 7) is 3.43. The molecule has 2 aromatic carbocycles. The quantitative estimate of drug-likeness (QED) is 0.298. The Morgan fingerprint density at radius 1 is 1.00 bits per heavy atom. The summed E-state index contributed by atoms with van der Waals surface area (Å²) in [5, 5.41) is 0.0463. The number of hydrogen-bond donors (Lipinski definition) is 0. The van der Waals surface area contributed by atoms with Gasteiger partial charge in [0.2, 0.25) is 0 Å². The molecule has 33 heavy (non-hydrogen) atoms. The number of carbonyl (C=O) groups excluding carboxylic acids is 1. The molecule has 0 saturated carbocycles. The molecular weight excluding hydrogens is 499 g/mol. The zero-order chi connectivity index (χ0) is 24.3. The monoisotopic (exact) mass is 517 g/mol. The van der Waals surface area contributed by atoms with Crippen molar-refractivity contribution in [2.24, 2.45) is 0 Å². The second kappa shape index (κ2) is 10.7. The maximum Gasteiger partial charge on any atom is 0.199 e. The van der Waals surface area contributed by atoms with Crippen LogP contribution in [-0.4, -0.2) is 35.7 Å². The van der Waals surface area contributed by atoms with Gasteiger partial charge in [0.25, 0.3) is 0 Å². The molecule has 0 fully saturated rings. The van der Waals surface area contributed by atoms with E-state index in [0.29, 0.717) is 28.1 Å². The molecule has 2 atom stereocenters. The van der Waals surface area contributed by atoms with E-state index >= 15 is 4.39 Å². The third-order valence-electron chi connectivity index (χ3n) is 4.46. The molecule has 0 amide bonds. The minimum atomic E-state index is -1.99. The first kappa shape index (κ1) is 25.3. The molecule has 6 nitrogen and oxygen atoms in total. The summed E-state index contributed by atoms with van der Waals surface area (Å²) in [6.07, 6.45) is 2.11. The van der Waals surface area contributed by atoms with Gasteiger partial charge in [0.05, 0.1) is 22.8 Å². The number of fused-ring (bicyclic) bond motifs is 1. The smallest absolute Gasteiger partial charge is 0.199 e. The van der Waals surface area contributed by atoms with E-state index in [-0.39, 0.29) is 27.7 Å². The highest BCUT2D eigenvalue weighted by Crippen LogP contribution is 2.31. The second-order valence-electron chi connectivity index (χ2n) is 6.91. The Bertz CT molecular complexity index is 1260. The topological polar surface area (TPSA) is 80.2 Å². The van der Waals surface area contributed by atoms with E-state index < -0.39 is 56.5 Å². The fourth-order valence-corrected chi connectivity index (χ4v) is 6.09. The van der Waals surface area contributed by atoms with Gasteiger partial charge in [-0.1, -0.05) is 25.4 Å². The van der Waals surface area contributed by atoms with Gasteiger partial charge in [0.1, 0.15) is 32.8 Å². The summed E-state index contributed by atoms with van der Waals surface area (Å²) in [4.78, 5) is 21.1. The molecule has 0 saturated heterocycles. The van der Waals surface area contributed by atoms with Crippen molar-refractivity contribution in [2.45, 2.75) is 26.7 Å². The van der Waals surface area contributed by atoms with Crippen molar-refractivity contribution in [1.82, 2.24) is 9.97 Å². The SMILES string of the molecule is CCCS(=O)N(c1cc(F)c(F)c(C(=O)c2ccc3ncc(Cl)nc3c2)c1F)S(=O)CCC. The Hall–Kier alpha value is -2.37. The highest BCUT2D eigenvalue weighted by Gasteiger charge is 2.31. The van der Waals surface area contributed by atoms with Crippen molar-refractivity contribution in [3.8, 4) is 0 Å². The molecule has 1 heterocycles. The van der Waals surface area contributed by atoms with Crippen molar-refractivity contribution >= 4 is 56.1 Å². The number of benzene rings is 2. The Balaban J connectivity index is 2.17. The largest absolute Gasteiger partial charge is 0.288 e. The summed E-state index contributed by atoms with van der Waals surface area (Å²) in [6, 6.07) is 4.36. The Morgan fingerprint density at radius 3 is 2.24 bits per heavy atom. The number of nitrogens with zero attached hydrogens (tertiary/aromatic N) is 3. The van der Waals surface area contributed by atoms with Gasteiger partial charge < -0.3 is 0 Å². The lowest BCUT2D eigenvalue weighted by atomic mass is 10.0. The molecule has 0 aliphatic carbocycles. The first-order valence-corrected chi connectivity index (χ1v) is 12.8. The Morgan fingerprint density at radius 2 is 1.64 bits per heavy atom. The first-order valence-electron chi connectivity index (χ1n) is 9.91. The minimum absolute atomic E-state index is 0.0152. The standard InChI is InChI=1S/C21H19ClF3N3O3S2/c1-3-7-32(30)28(33(31)8-4-2)16-10-13(23)19(24)18(20(16)25)21(29)12-5-6-14-15(9-12)27-17(22)11-26-14/h5-6,9-11H,3-4,7-8H2,1-2H3. The molecule has 12 heteroatoms. The zero-order valence-electron chi connectivity index (χ0n) is 17.6. The third kappa shape index (κ3) is 5.25. The molecule has 0 aliphatic heterocycles. The molecular formula is C21H19ClF3N3O3S2. The van der Waals surface area contributed by atoms with Gasteiger partial charge in [-0.15, -0.1) is 0 Å². The number of aromatic nitrogens is 2. The van der Waals surface area contributed by atoms with E-state index in [9.17, 15) is 22.0 Å². The van der Waals surface area contributed by atoms with Crippen molar-refractivity contribution in [3.63, 3.8) is 0 Å². The van der Waals surface area contributed by atoms with Gasteiger partial charge >= 0.3 is 0 Å². The van der Waals surface area contributed by atoms with Crippen molar-refractivity contribution in [2.75, 3.05) is 15.2 Å². The summed E-state index contributed by atoms with van der Waals surface area (Å²) >= 11 is 5.81. The predicted molar refractivity (Wildman–Crippen MR) is 123 cm³/mol. The summed E-state index contributed by atoms with van der Waals surface area (Å²) in [7, 11) is -3.99. The minimum Gasteiger partial charge on any atom is -0.288 e. The molecule has 2 unspecified atom stereocenters. The Kier molecular flexibility index (Phi) is 8.19. The van der Waals surface area contributed by atoms with Crippen LogP contribution in [0.25, 0.3) is 11.0 Å². The molecule has 176 valence electrons. The molecule has 0 N–H and O–H groups in total. The third-order valence-corrected chi connectivity index (χ3v) is 8.29. The van der Waals surface area contributed by atoms with Crippen LogP contribution in [0.15, 0.2) is 30.5 Å². The summed E-state index contributed by atoms with van der Waals surface area (Å²) < 4.78 is 70.7. The molecule has 0 aliphatic rings. The van der Waals surface area contributed by atoms with Crippen LogP contribution < -0.4 is 3.71 Å². The van der Waals surface area contributed by atoms with Crippen LogP contribution in [0.4, 0.5) is 18.9 Å². The normalized spacial score (nSPS) is 13.2. The number of anilines is 1. The van der Waals surface area contributed by atoms with Gasteiger partial charge in [0, 0.05) is 23.1 Å². The van der Waals surface area contributed by atoms with Crippen LogP contribution in [0, 0.1) is 17.5 Å². The van der Waals surface area contributed by atoms with Crippen LogP contribution in [0.3, 0.4) is 0 Å². The zero-order valence-corrected chi connectivity index (χ0v) is 20.0. The highest BCUT2D eigenvalue weighted by molar-refractivity contribution is 8.04. The van der Waals surface area contributed by atoms with Gasteiger partial charge in [0.15, 0.2) is 23.2 Å². The molecule has 3 rings (SSSR count). The van der Waals surface area contributed by atoms with E-state index in [1.807, 2.05) is 0 Å². The van der Waals surface area contributed by atoms with Crippen molar-refractivity contribution in [1.29, 1.82) is 0 Å². The van der Waals surface area contributed by atoms with E-state index in [4.69, 9.17) is 11.6 Å². The molecule has 3 aromatic rings. The van der Waals surface area contributed by atoms with Crippen LogP contribution in [-0.2, 0) is 22.0 Å². The molecule has 1 aromatic heterocycles. The number of hydrogen-bond acceptors (Lipinski definition) is 5. The van der Waals surface area contributed by atoms with E-state index in [1.165, 1.54) is 24.4 Å². The van der Waals surface area contributed by atoms with Gasteiger partial charge in [-0.3, -0.25) is 9.78 Å². The van der Waals surface area contributed by atoms with Crippen LogP contribution in [0.1, 0.15) is 42.6 Å².